The number of rotatable bonds is 3. The van der Waals surface area contributed by atoms with Crippen LogP contribution >= 0.6 is 0 Å². The first-order valence-electron chi connectivity index (χ1n) is 10.4. The van der Waals surface area contributed by atoms with Crippen LogP contribution < -0.4 is 15.1 Å². The number of carbonyl (C=O) groups is 1. The number of nitrogens with zero attached hydrogens (tertiary/aromatic N) is 5. The molecular formula is C21H25F3N6O. The summed E-state index contributed by atoms with van der Waals surface area (Å²) in [6.45, 7) is 5.96. The highest BCUT2D eigenvalue weighted by atomic mass is 19.4. The van der Waals surface area contributed by atoms with E-state index in [0.717, 1.165) is 55.5 Å². The van der Waals surface area contributed by atoms with Crippen LogP contribution in [0.4, 0.5) is 35.4 Å². The highest BCUT2D eigenvalue weighted by Crippen LogP contribution is 2.30. The molecule has 2 aromatic rings. The summed E-state index contributed by atoms with van der Waals surface area (Å²) < 4.78 is 38.6. The molecule has 166 valence electrons. The molecule has 10 heteroatoms. The number of nitrogens with one attached hydrogen (secondary N) is 1. The Hall–Kier alpha value is -3.04. The molecule has 0 spiro atoms. The third-order valence-corrected chi connectivity index (χ3v) is 5.55. The molecule has 2 aliphatic heterocycles. The van der Waals surface area contributed by atoms with Gasteiger partial charge in [0.05, 0.1) is 5.56 Å². The largest absolute Gasteiger partial charge is 0.416 e. The summed E-state index contributed by atoms with van der Waals surface area (Å²) in [6, 6.07) is 6.19. The zero-order chi connectivity index (χ0) is 22.0. The van der Waals surface area contributed by atoms with Gasteiger partial charge in [-0.3, -0.25) is 0 Å². The molecule has 3 heterocycles. The number of hydrogen-bond donors (Lipinski definition) is 1. The van der Waals surface area contributed by atoms with Crippen LogP contribution in [0.2, 0.25) is 0 Å². The van der Waals surface area contributed by atoms with Crippen molar-refractivity contribution in [1.29, 1.82) is 0 Å². The Balaban J connectivity index is 1.37. The van der Waals surface area contributed by atoms with Crippen LogP contribution in [0.15, 0.2) is 30.3 Å². The molecule has 4 rings (SSSR count). The number of benzene rings is 1. The molecule has 0 aliphatic carbocycles. The molecule has 1 aromatic heterocycles. The number of aromatic nitrogens is 2. The predicted octanol–water partition coefficient (Wildman–Crippen LogP) is 3.76. The normalized spacial score (nSPS) is 17.2. The first-order valence-corrected chi connectivity index (χ1v) is 10.4. The number of amides is 2. The second-order valence-corrected chi connectivity index (χ2v) is 7.84. The smallest absolute Gasteiger partial charge is 0.353 e. The Labute approximate surface area is 178 Å². The van der Waals surface area contributed by atoms with Gasteiger partial charge in [-0.15, -0.1) is 0 Å². The molecule has 0 bridgehead atoms. The van der Waals surface area contributed by atoms with Gasteiger partial charge in [0.15, 0.2) is 0 Å². The molecule has 2 aliphatic rings. The fourth-order valence-electron chi connectivity index (χ4n) is 3.87. The van der Waals surface area contributed by atoms with E-state index in [4.69, 9.17) is 4.98 Å². The van der Waals surface area contributed by atoms with E-state index in [1.807, 2.05) is 13.0 Å². The third-order valence-electron chi connectivity index (χ3n) is 5.55. The Kier molecular flexibility index (Phi) is 5.88. The number of urea groups is 1. The molecule has 7 nitrogen and oxygen atoms in total. The maximum atomic E-state index is 12.9. The predicted molar refractivity (Wildman–Crippen MR) is 112 cm³/mol. The van der Waals surface area contributed by atoms with Crippen molar-refractivity contribution in [3.8, 4) is 0 Å². The molecule has 0 atom stereocenters. The minimum Gasteiger partial charge on any atom is -0.353 e. The van der Waals surface area contributed by atoms with E-state index >= 15 is 0 Å². The fraction of sp³-hybridized carbons (Fsp3) is 0.476. The van der Waals surface area contributed by atoms with Crippen LogP contribution in [0.5, 0.6) is 0 Å². The lowest BCUT2D eigenvalue weighted by Crippen LogP contribution is -2.50. The van der Waals surface area contributed by atoms with Crippen molar-refractivity contribution in [2.45, 2.75) is 25.9 Å². The van der Waals surface area contributed by atoms with Gasteiger partial charge in [0.2, 0.25) is 5.95 Å². The summed E-state index contributed by atoms with van der Waals surface area (Å²) in [7, 11) is 0. The number of anilines is 3. The lowest BCUT2D eigenvalue weighted by atomic mass is 10.2. The molecule has 2 fully saturated rings. The number of alkyl halides is 3. The van der Waals surface area contributed by atoms with Gasteiger partial charge < -0.3 is 20.0 Å². The van der Waals surface area contributed by atoms with E-state index in [2.05, 4.69) is 20.1 Å². The van der Waals surface area contributed by atoms with Crippen LogP contribution in [-0.4, -0.2) is 60.2 Å². The number of aryl methyl sites for hydroxylation is 1. The summed E-state index contributed by atoms with van der Waals surface area (Å²) >= 11 is 0. The van der Waals surface area contributed by atoms with E-state index in [-0.39, 0.29) is 5.69 Å². The van der Waals surface area contributed by atoms with Crippen LogP contribution in [0.3, 0.4) is 0 Å². The van der Waals surface area contributed by atoms with E-state index < -0.39 is 17.8 Å². The first-order chi connectivity index (χ1) is 14.8. The monoisotopic (exact) mass is 434 g/mol. The van der Waals surface area contributed by atoms with Gasteiger partial charge in [0, 0.05) is 56.7 Å². The average molecular weight is 434 g/mol. The van der Waals surface area contributed by atoms with Crippen molar-refractivity contribution in [1.82, 2.24) is 14.9 Å². The van der Waals surface area contributed by atoms with Crippen molar-refractivity contribution >= 4 is 23.5 Å². The second kappa shape index (κ2) is 8.60. The van der Waals surface area contributed by atoms with Crippen molar-refractivity contribution in [3.63, 3.8) is 0 Å². The molecule has 1 aromatic carbocycles. The Morgan fingerprint density at radius 3 is 2.35 bits per heavy atom. The zero-order valence-corrected chi connectivity index (χ0v) is 17.3. The maximum Gasteiger partial charge on any atom is 0.416 e. The molecule has 1 N–H and O–H groups in total. The minimum absolute atomic E-state index is 0.129. The summed E-state index contributed by atoms with van der Waals surface area (Å²) in [5.74, 6) is 1.59. The number of halogens is 3. The van der Waals surface area contributed by atoms with Gasteiger partial charge in [-0.05, 0) is 38.0 Å². The van der Waals surface area contributed by atoms with Gasteiger partial charge >= 0.3 is 12.2 Å². The standard InChI is InChI=1S/C21H25F3N6O/c1-15-13-18(27-19(25-15)29-7-2-3-8-29)28-9-11-30(12-10-28)20(31)26-17-6-4-5-16(14-17)21(22,23)24/h4-6,13-14H,2-3,7-12H2,1H3,(H,26,31). The van der Waals surface area contributed by atoms with Gasteiger partial charge in [-0.25, -0.2) is 9.78 Å². The molecule has 2 saturated heterocycles. The quantitative estimate of drug-likeness (QED) is 0.797. The van der Waals surface area contributed by atoms with E-state index in [1.54, 1.807) is 4.90 Å². The second-order valence-electron chi connectivity index (χ2n) is 7.84. The minimum atomic E-state index is -4.45. The number of carbonyl (C=O) groups excluding carboxylic acids is 1. The van der Waals surface area contributed by atoms with Crippen LogP contribution in [0, 0.1) is 6.92 Å². The summed E-state index contributed by atoms with van der Waals surface area (Å²) in [5.41, 5.74) is 0.239. The molecule has 0 saturated carbocycles. The Bertz CT molecular complexity index is 937. The van der Waals surface area contributed by atoms with Crippen molar-refractivity contribution in [2.75, 3.05) is 54.4 Å². The molecule has 0 unspecified atom stereocenters. The van der Waals surface area contributed by atoms with Crippen LogP contribution in [0.1, 0.15) is 24.1 Å². The van der Waals surface area contributed by atoms with E-state index in [0.29, 0.717) is 26.2 Å². The first kappa shape index (κ1) is 21.2. The van der Waals surface area contributed by atoms with Gasteiger partial charge in [-0.2, -0.15) is 18.2 Å². The highest BCUT2D eigenvalue weighted by Gasteiger charge is 2.31. The maximum absolute atomic E-state index is 12.9. The van der Waals surface area contributed by atoms with Gasteiger partial charge in [0.25, 0.3) is 0 Å². The molecular weight excluding hydrogens is 409 g/mol. The van der Waals surface area contributed by atoms with E-state index in [1.165, 1.54) is 12.1 Å². The van der Waals surface area contributed by atoms with Crippen LogP contribution in [-0.2, 0) is 6.18 Å². The number of piperazine rings is 1. The van der Waals surface area contributed by atoms with Crippen molar-refractivity contribution < 1.29 is 18.0 Å². The Morgan fingerprint density at radius 1 is 0.968 bits per heavy atom. The topological polar surface area (TPSA) is 64.6 Å². The lowest BCUT2D eigenvalue weighted by Gasteiger charge is -2.35. The van der Waals surface area contributed by atoms with E-state index in [9.17, 15) is 18.0 Å². The lowest BCUT2D eigenvalue weighted by molar-refractivity contribution is -0.137. The molecule has 31 heavy (non-hydrogen) atoms. The van der Waals surface area contributed by atoms with Crippen LogP contribution in [0.25, 0.3) is 0 Å². The number of hydrogen-bond acceptors (Lipinski definition) is 5. The van der Waals surface area contributed by atoms with Gasteiger partial charge in [-0.1, -0.05) is 6.07 Å². The summed E-state index contributed by atoms with van der Waals surface area (Å²) in [6.07, 6.45) is -2.16. The summed E-state index contributed by atoms with van der Waals surface area (Å²) in [4.78, 5) is 27.7. The summed E-state index contributed by atoms with van der Waals surface area (Å²) in [5, 5.41) is 2.57. The average Bonchev–Trinajstić information content (AvgIpc) is 3.28. The molecule has 0 radical (unpaired) electrons. The van der Waals surface area contributed by atoms with Gasteiger partial charge in [0.1, 0.15) is 5.82 Å². The molecule has 2 amide bonds. The van der Waals surface area contributed by atoms with Crippen molar-refractivity contribution in [3.05, 3.63) is 41.6 Å². The highest BCUT2D eigenvalue weighted by molar-refractivity contribution is 5.89. The zero-order valence-electron chi connectivity index (χ0n) is 17.3. The Morgan fingerprint density at radius 2 is 1.68 bits per heavy atom. The van der Waals surface area contributed by atoms with Crippen molar-refractivity contribution in [2.24, 2.45) is 0 Å². The SMILES string of the molecule is Cc1cc(N2CCN(C(=O)Nc3cccc(C(F)(F)F)c3)CC2)nc(N2CCCC2)n1. The third kappa shape index (κ3) is 5.00. The fourth-order valence-corrected chi connectivity index (χ4v) is 3.87.